The van der Waals surface area contributed by atoms with Gasteiger partial charge in [0.05, 0.1) is 24.6 Å². The molecule has 35 heavy (non-hydrogen) atoms. The summed E-state index contributed by atoms with van der Waals surface area (Å²) in [6, 6.07) is 17.8. The first-order valence-corrected chi connectivity index (χ1v) is 11.7. The number of nitrogens with zero attached hydrogens (tertiary/aromatic N) is 1. The van der Waals surface area contributed by atoms with E-state index in [2.05, 4.69) is 0 Å². The van der Waals surface area contributed by atoms with Crippen molar-refractivity contribution in [2.45, 2.75) is 11.8 Å². The highest BCUT2D eigenvalue weighted by atomic mass is 35.5. The van der Waals surface area contributed by atoms with E-state index in [4.69, 9.17) is 19.6 Å². The summed E-state index contributed by atoms with van der Waals surface area (Å²) in [7, 11) is -1.25. The van der Waals surface area contributed by atoms with Crippen molar-refractivity contribution < 1.29 is 27.4 Å². The molecule has 8 nitrogen and oxygen atoms in total. The number of ether oxygens (including phenoxy) is 3. The van der Waals surface area contributed by atoms with Gasteiger partial charge in [-0.25, -0.2) is 17.2 Å². The van der Waals surface area contributed by atoms with Crippen LogP contribution in [0.3, 0.4) is 0 Å². The molecule has 182 valence electrons. The number of methoxy groups -OCH3 is 2. The van der Waals surface area contributed by atoms with Gasteiger partial charge in [0.1, 0.15) is 17.1 Å². The number of esters is 1. The summed E-state index contributed by atoms with van der Waals surface area (Å²) >= 11 is 0. The predicted octanol–water partition coefficient (Wildman–Crippen LogP) is 5.16. The van der Waals surface area contributed by atoms with E-state index in [0.717, 1.165) is 9.54 Å². The molecule has 4 aromatic rings. The Bertz CT molecular complexity index is 1510. The lowest BCUT2D eigenvalue weighted by Gasteiger charge is -2.13. The Morgan fingerprint density at radius 1 is 0.943 bits per heavy atom. The second-order valence-corrected chi connectivity index (χ2v) is 9.27. The molecule has 0 saturated heterocycles. The third kappa shape index (κ3) is 4.87. The molecule has 0 aliphatic carbocycles. The van der Waals surface area contributed by atoms with E-state index in [1.165, 1.54) is 32.5 Å². The number of fused-ring (bicyclic) bond motifs is 1. The first-order valence-electron chi connectivity index (χ1n) is 10.2. The van der Waals surface area contributed by atoms with Crippen molar-refractivity contribution in [3.8, 4) is 11.5 Å². The Hall–Kier alpha value is -3.82. The van der Waals surface area contributed by atoms with E-state index in [-0.39, 0.29) is 34.5 Å². The molecule has 0 fully saturated rings. The molecule has 4 rings (SSSR count). The van der Waals surface area contributed by atoms with E-state index in [9.17, 15) is 13.2 Å². The number of carbonyl (C=O) groups excluding carboxylic acids is 1. The second-order valence-electron chi connectivity index (χ2n) is 7.46. The summed E-state index contributed by atoms with van der Waals surface area (Å²) in [5.41, 5.74) is 1.83. The van der Waals surface area contributed by atoms with Crippen LogP contribution >= 0.6 is 12.4 Å². The van der Waals surface area contributed by atoms with Gasteiger partial charge >= 0.3 is 5.97 Å². The number of aromatic nitrogens is 1. The van der Waals surface area contributed by atoms with Crippen molar-refractivity contribution in [1.82, 2.24) is 3.97 Å². The monoisotopic (exact) mass is 514 g/mol. The standard InChI is InChI=1S/C25H22N2O6S.ClH/c1-16-7-9-19(10-8-16)34(29,30)27-14-13-20-21(27)11-12-22(23(20)25(28)32-3)33-18-6-4-5-17(15-18)24(26)31-2;/h4-15,26H,1-3H3;1H. The van der Waals surface area contributed by atoms with E-state index >= 15 is 0 Å². The molecular formula is C25H23ClN2O6S. The predicted molar refractivity (Wildman–Crippen MR) is 135 cm³/mol. The SMILES string of the molecule is COC(=N)c1cccc(Oc2ccc3c(ccn3S(=O)(=O)c3ccc(C)cc3)c2C(=O)OC)c1.Cl. The maximum Gasteiger partial charge on any atom is 0.342 e. The topological polar surface area (TPSA) is 108 Å². The molecule has 10 heteroatoms. The highest BCUT2D eigenvalue weighted by molar-refractivity contribution is 7.90. The number of benzene rings is 3. The molecule has 0 saturated carbocycles. The zero-order valence-corrected chi connectivity index (χ0v) is 20.8. The van der Waals surface area contributed by atoms with Crippen LogP contribution in [0.1, 0.15) is 21.5 Å². The largest absolute Gasteiger partial charge is 0.481 e. The molecule has 0 aliphatic heterocycles. The quantitative estimate of drug-likeness (QED) is 0.216. The molecule has 0 atom stereocenters. The second kappa shape index (κ2) is 10.2. The maximum atomic E-state index is 13.3. The Labute approximate surface area is 209 Å². The number of nitrogens with one attached hydrogen (secondary N) is 1. The number of halogens is 1. The fraction of sp³-hybridized carbons (Fsp3) is 0.120. The van der Waals surface area contributed by atoms with E-state index < -0.39 is 16.0 Å². The van der Waals surface area contributed by atoms with Gasteiger partial charge in [-0.15, -0.1) is 12.4 Å². The zero-order valence-electron chi connectivity index (χ0n) is 19.1. The molecule has 0 amide bonds. The van der Waals surface area contributed by atoms with Gasteiger partial charge in [-0.1, -0.05) is 23.8 Å². The highest BCUT2D eigenvalue weighted by Crippen LogP contribution is 2.34. The van der Waals surface area contributed by atoms with Crippen molar-refractivity contribution in [2.75, 3.05) is 14.2 Å². The van der Waals surface area contributed by atoms with Crippen LogP contribution in [0.15, 0.2) is 77.8 Å². The minimum Gasteiger partial charge on any atom is -0.481 e. The molecule has 0 unspecified atom stereocenters. The van der Waals surface area contributed by atoms with Gasteiger partial charge in [0.2, 0.25) is 5.90 Å². The van der Waals surface area contributed by atoms with Crippen LogP contribution in [-0.2, 0) is 19.5 Å². The average Bonchev–Trinajstić information content (AvgIpc) is 3.28. The highest BCUT2D eigenvalue weighted by Gasteiger charge is 2.24. The van der Waals surface area contributed by atoms with Crippen LogP contribution in [0.4, 0.5) is 0 Å². The number of aryl methyl sites for hydroxylation is 1. The molecule has 1 heterocycles. The molecule has 0 aliphatic rings. The Balaban J connectivity index is 0.00000342. The molecule has 0 bridgehead atoms. The summed E-state index contributed by atoms with van der Waals surface area (Å²) in [6.45, 7) is 1.87. The number of hydrogen-bond donors (Lipinski definition) is 1. The Kier molecular flexibility index (Phi) is 7.52. The smallest absolute Gasteiger partial charge is 0.342 e. The molecule has 1 N–H and O–H groups in total. The summed E-state index contributed by atoms with van der Waals surface area (Å²) in [5, 5.41) is 8.20. The summed E-state index contributed by atoms with van der Waals surface area (Å²) in [6.07, 6.45) is 1.40. The first kappa shape index (κ1) is 25.8. The lowest BCUT2D eigenvalue weighted by atomic mass is 10.1. The van der Waals surface area contributed by atoms with Crippen LogP contribution in [0.25, 0.3) is 10.9 Å². The number of hydrogen-bond acceptors (Lipinski definition) is 7. The average molecular weight is 515 g/mol. The fourth-order valence-corrected chi connectivity index (χ4v) is 4.90. The summed E-state index contributed by atoms with van der Waals surface area (Å²) in [4.78, 5) is 12.8. The maximum absolute atomic E-state index is 13.3. The third-order valence-corrected chi connectivity index (χ3v) is 7.00. The summed E-state index contributed by atoms with van der Waals surface area (Å²) < 4.78 is 43.5. The lowest BCUT2D eigenvalue weighted by molar-refractivity contribution is 0.0600. The van der Waals surface area contributed by atoms with Crippen LogP contribution in [0.5, 0.6) is 11.5 Å². The molecule has 1 aromatic heterocycles. The van der Waals surface area contributed by atoms with E-state index in [1.54, 1.807) is 54.6 Å². The Morgan fingerprint density at radius 2 is 1.66 bits per heavy atom. The molecule has 3 aromatic carbocycles. The van der Waals surface area contributed by atoms with Gasteiger partial charge < -0.3 is 14.2 Å². The normalized spacial score (nSPS) is 10.9. The van der Waals surface area contributed by atoms with E-state index in [1.807, 2.05) is 6.92 Å². The number of rotatable bonds is 6. The van der Waals surface area contributed by atoms with Gasteiger partial charge in [0.25, 0.3) is 10.0 Å². The first-order chi connectivity index (χ1) is 16.3. The van der Waals surface area contributed by atoms with Crippen LogP contribution in [0, 0.1) is 12.3 Å². The van der Waals surface area contributed by atoms with Crippen molar-refractivity contribution in [1.29, 1.82) is 5.41 Å². The minimum absolute atomic E-state index is 0. The van der Waals surface area contributed by atoms with Gasteiger partial charge in [0, 0.05) is 17.1 Å². The van der Waals surface area contributed by atoms with Gasteiger partial charge in [-0.05, 0) is 55.5 Å². The molecule has 0 spiro atoms. The van der Waals surface area contributed by atoms with Crippen molar-refractivity contribution in [3.63, 3.8) is 0 Å². The van der Waals surface area contributed by atoms with Crippen LogP contribution in [-0.4, -0.2) is 38.5 Å². The third-order valence-electron chi connectivity index (χ3n) is 5.29. The van der Waals surface area contributed by atoms with E-state index in [0.29, 0.717) is 22.2 Å². The number of carbonyl (C=O) groups is 1. The van der Waals surface area contributed by atoms with Crippen molar-refractivity contribution >= 4 is 45.2 Å². The van der Waals surface area contributed by atoms with Crippen LogP contribution < -0.4 is 4.74 Å². The van der Waals surface area contributed by atoms with Crippen LogP contribution in [0.2, 0.25) is 0 Å². The van der Waals surface area contributed by atoms with Crippen molar-refractivity contribution in [3.05, 3.63) is 89.6 Å². The van der Waals surface area contributed by atoms with Gasteiger partial charge in [0.15, 0.2) is 0 Å². The fourth-order valence-electron chi connectivity index (χ4n) is 3.55. The Morgan fingerprint density at radius 3 is 2.31 bits per heavy atom. The zero-order chi connectivity index (χ0) is 24.5. The summed E-state index contributed by atoms with van der Waals surface area (Å²) in [5.74, 6) is -0.152. The molecular weight excluding hydrogens is 492 g/mol. The lowest BCUT2D eigenvalue weighted by Crippen LogP contribution is -2.12. The minimum atomic E-state index is -3.89. The van der Waals surface area contributed by atoms with Crippen molar-refractivity contribution in [2.24, 2.45) is 0 Å². The molecule has 0 radical (unpaired) electrons. The van der Waals surface area contributed by atoms with Gasteiger partial charge in [-0.3, -0.25) is 5.41 Å². The van der Waals surface area contributed by atoms with Gasteiger partial charge in [-0.2, -0.15) is 0 Å².